The summed E-state index contributed by atoms with van der Waals surface area (Å²) in [6, 6.07) is 0. The van der Waals surface area contributed by atoms with Crippen molar-refractivity contribution >= 4 is 17.9 Å². The molecule has 0 N–H and O–H groups in total. The molecule has 1 atom stereocenters. The van der Waals surface area contributed by atoms with Gasteiger partial charge in [0, 0.05) is 19.3 Å². The zero-order valence-electron chi connectivity index (χ0n) is 56.0. The highest BCUT2D eigenvalue weighted by Crippen LogP contribution is 2.19. The maximum atomic E-state index is 12.9. The molecule has 0 fully saturated rings. The number of hydrogen-bond acceptors (Lipinski definition) is 6. The molecule has 0 aromatic rings. The summed E-state index contributed by atoms with van der Waals surface area (Å²) in [4.78, 5) is 38.1. The normalized spacial score (nSPS) is 12.3. The van der Waals surface area contributed by atoms with Crippen LogP contribution in [0.3, 0.4) is 0 Å². The Labute approximate surface area is 518 Å². The van der Waals surface area contributed by atoms with Crippen molar-refractivity contribution in [2.45, 2.75) is 412 Å². The van der Waals surface area contributed by atoms with Crippen molar-refractivity contribution in [1.29, 1.82) is 0 Å². The summed E-state index contributed by atoms with van der Waals surface area (Å²) >= 11 is 0. The Morgan fingerprint density at radius 1 is 0.253 bits per heavy atom. The summed E-state index contributed by atoms with van der Waals surface area (Å²) in [5.74, 6) is -0.857. The molecule has 1 unspecified atom stereocenters. The molecule has 0 heterocycles. The quantitative estimate of drug-likeness (QED) is 0.0261. The van der Waals surface area contributed by atoms with Crippen LogP contribution in [0.2, 0.25) is 0 Å². The molecule has 0 saturated heterocycles. The highest BCUT2D eigenvalue weighted by atomic mass is 16.6. The fraction of sp³-hybridized carbons (Fsp3) is 0.857. The first-order chi connectivity index (χ1) is 41.0. The van der Waals surface area contributed by atoms with Crippen molar-refractivity contribution in [3.05, 3.63) is 48.6 Å². The molecule has 6 heteroatoms. The molecular formula is C77H142O6. The smallest absolute Gasteiger partial charge is 0.306 e. The van der Waals surface area contributed by atoms with Gasteiger partial charge in [-0.1, -0.05) is 378 Å². The summed E-state index contributed by atoms with van der Waals surface area (Å²) in [7, 11) is 0. The molecular weight excluding hydrogens is 1020 g/mol. The lowest BCUT2D eigenvalue weighted by Crippen LogP contribution is -2.30. The van der Waals surface area contributed by atoms with Gasteiger partial charge in [-0.3, -0.25) is 14.4 Å². The van der Waals surface area contributed by atoms with E-state index in [0.717, 1.165) is 83.5 Å². The second kappa shape index (κ2) is 71.8. The Hall–Kier alpha value is -2.63. The van der Waals surface area contributed by atoms with Gasteiger partial charge in [0.1, 0.15) is 13.2 Å². The van der Waals surface area contributed by atoms with Crippen molar-refractivity contribution in [2.24, 2.45) is 0 Å². The van der Waals surface area contributed by atoms with Gasteiger partial charge < -0.3 is 14.2 Å². The molecule has 0 aliphatic carbocycles. The number of esters is 3. The van der Waals surface area contributed by atoms with Crippen LogP contribution in [-0.4, -0.2) is 37.2 Å². The summed E-state index contributed by atoms with van der Waals surface area (Å²) in [6.07, 6.45) is 92.1. The van der Waals surface area contributed by atoms with Gasteiger partial charge in [0.2, 0.25) is 0 Å². The van der Waals surface area contributed by atoms with Gasteiger partial charge in [0.15, 0.2) is 6.10 Å². The lowest BCUT2D eigenvalue weighted by molar-refractivity contribution is -0.167. The van der Waals surface area contributed by atoms with Gasteiger partial charge in [0.25, 0.3) is 0 Å². The van der Waals surface area contributed by atoms with Gasteiger partial charge in [0.05, 0.1) is 0 Å². The second-order valence-electron chi connectivity index (χ2n) is 25.2. The van der Waals surface area contributed by atoms with Crippen LogP contribution >= 0.6 is 0 Å². The monoisotopic (exact) mass is 1160 g/mol. The van der Waals surface area contributed by atoms with E-state index in [9.17, 15) is 14.4 Å². The van der Waals surface area contributed by atoms with Crippen LogP contribution in [0.4, 0.5) is 0 Å². The average Bonchev–Trinajstić information content (AvgIpc) is 3.48. The molecule has 0 aliphatic rings. The lowest BCUT2D eigenvalue weighted by atomic mass is 10.0. The minimum Gasteiger partial charge on any atom is -0.462 e. The predicted octanol–water partition coefficient (Wildman–Crippen LogP) is 25.7. The van der Waals surface area contributed by atoms with Crippen LogP contribution in [0.1, 0.15) is 406 Å². The maximum absolute atomic E-state index is 12.9. The lowest BCUT2D eigenvalue weighted by Gasteiger charge is -2.18. The zero-order valence-corrected chi connectivity index (χ0v) is 56.0. The first-order valence-corrected chi connectivity index (χ1v) is 37.1. The second-order valence-corrected chi connectivity index (χ2v) is 25.2. The molecule has 0 radical (unpaired) electrons. The molecule has 0 amide bonds. The molecule has 486 valence electrons. The van der Waals surface area contributed by atoms with E-state index in [0.29, 0.717) is 19.3 Å². The Morgan fingerprint density at radius 3 is 0.735 bits per heavy atom. The Balaban J connectivity index is 3.92. The fourth-order valence-electron chi connectivity index (χ4n) is 11.3. The van der Waals surface area contributed by atoms with Crippen LogP contribution in [0.5, 0.6) is 0 Å². The van der Waals surface area contributed by atoms with Crippen molar-refractivity contribution in [3.8, 4) is 0 Å². The molecule has 0 aromatic heterocycles. The number of allylic oxidation sites excluding steroid dienone is 8. The zero-order chi connectivity index (χ0) is 59.9. The van der Waals surface area contributed by atoms with Crippen molar-refractivity contribution in [2.75, 3.05) is 13.2 Å². The van der Waals surface area contributed by atoms with Gasteiger partial charge in [-0.2, -0.15) is 0 Å². The molecule has 0 bridgehead atoms. The van der Waals surface area contributed by atoms with Crippen molar-refractivity contribution < 1.29 is 28.6 Å². The molecule has 0 rings (SSSR count). The molecule has 83 heavy (non-hydrogen) atoms. The number of ether oxygens (including phenoxy) is 3. The van der Waals surface area contributed by atoms with E-state index in [1.54, 1.807) is 0 Å². The van der Waals surface area contributed by atoms with Gasteiger partial charge in [-0.05, 0) is 57.8 Å². The van der Waals surface area contributed by atoms with E-state index >= 15 is 0 Å². The van der Waals surface area contributed by atoms with E-state index in [1.807, 2.05) is 0 Å². The first kappa shape index (κ1) is 80.4. The van der Waals surface area contributed by atoms with Crippen LogP contribution < -0.4 is 0 Å². The molecule has 0 aliphatic heterocycles. The standard InChI is InChI=1S/C77H142O6/c1-4-7-10-13-16-18-20-22-24-26-28-30-32-34-35-36-37-38-39-40-41-42-44-45-47-49-51-53-55-57-59-61-64-67-70-76(79)82-73-74(72-81-75(78)69-66-63-15-12-9-6-3)83-77(80)71-68-65-62-60-58-56-54-52-50-48-46-43-33-31-29-27-25-23-21-19-17-14-11-8-5-2/h8,11,17,19,23,25,29,31,74H,4-7,9-10,12-16,18,20-22,24,26-28,30,32-73H2,1-3H3/b11-8-,19-17-,25-23-,31-29-. The average molecular weight is 1160 g/mol. The van der Waals surface area contributed by atoms with E-state index in [-0.39, 0.29) is 31.1 Å². The maximum Gasteiger partial charge on any atom is 0.306 e. The summed E-state index contributed by atoms with van der Waals surface area (Å²) in [5, 5.41) is 0. The molecule has 6 nitrogen and oxygen atoms in total. The topological polar surface area (TPSA) is 78.9 Å². The molecule has 0 spiro atoms. The Kier molecular flexibility index (Phi) is 69.6. The number of unbranched alkanes of at least 4 members (excludes halogenated alkanes) is 50. The third-order valence-electron chi connectivity index (χ3n) is 16.8. The van der Waals surface area contributed by atoms with Crippen LogP contribution in [0.15, 0.2) is 48.6 Å². The molecule has 0 aromatic carbocycles. The van der Waals surface area contributed by atoms with E-state index in [1.165, 1.54) is 283 Å². The SMILES string of the molecule is CC/C=C\C/C=C\C/C=C\C/C=C\CCCCCCCCCCCCCCC(=O)OC(COC(=O)CCCCCCCC)COC(=O)CCCCCCCCCCCCCCCCCCCCCCCCCCCCCCCCCCCC. The predicted molar refractivity (Wildman–Crippen MR) is 362 cm³/mol. The van der Waals surface area contributed by atoms with Crippen molar-refractivity contribution in [3.63, 3.8) is 0 Å². The van der Waals surface area contributed by atoms with Crippen LogP contribution in [0, 0.1) is 0 Å². The van der Waals surface area contributed by atoms with Crippen LogP contribution in [0.25, 0.3) is 0 Å². The Bertz CT molecular complexity index is 1430. The first-order valence-electron chi connectivity index (χ1n) is 37.1. The van der Waals surface area contributed by atoms with Crippen molar-refractivity contribution in [1.82, 2.24) is 0 Å². The minimum absolute atomic E-state index is 0.0689. The van der Waals surface area contributed by atoms with E-state index in [2.05, 4.69) is 69.4 Å². The highest BCUT2D eigenvalue weighted by molar-refractivity contribution is 5.71. The third-order valence-corrected chi connectivity index (χ3v) is 16.8. The highest BCUT2D eigenvalue weighted by Gasteiger charge is 2.19. The summed E-state index contributed by atoms with van der Waals surface area (Å²) < 4.78 is 16.9. The van der Waals surface area contributed by atoms with Crippen LogP contribution in [-0.2, 0) is 28.6 Å². The summed E-state index contributed by atoms with van der Waals surface area (Å²) in [5.41, 5.74) is 0. The Morgan fingerprint density at radius 2 is 0.470 bits per heavy atom. The van der Waals surface area contributed by atoms with E-state index < -0.39 is 6.10 Å². The number of hydrogen-bond donors (Lipinski definition) is 0. The number of rotatable bonds is 69. The summed E-state index contributed by atoms with van der Waals surface area (Å²) in [6.45, 7) is 6.53. The molecule has 0 saturated carbocycles. The largest absolute Gasteiger partial charge is 0.462 e. The number of carbonyl (C=O) groups is 3. The number of carbonyl (C=O) groups excluding carboxylic acids is 3. The van der Waals surface area contributed by atoms with E-state index in [4.69, 9.17) is 14.2 Å². The van der Waals surface area contributed by atoms with Gasteiger partial charge in [-0.25, -0.2) is 0 Å². The minimum atomic E-state index is -0.770. The third kappa shape index (κ3) is 70.0. The van der Waals surface area contributed by atoms with Gasteiger partial charge >= 0.3 is 17.9 Å². The van der Waals surface area contributed by atoms with Gasteiger partial charge in [-0.15, -0.1) is 0 Å². The fourth-order valence-corrected chi connectivity index (χ4v) is 11.3.